The van der Waals surface area contributed by atoms with Gasteiger partial charge in [0.2, 0.25) is 11.8 Å². The minimum Gasteiger partial charge on any atom is -0.369 e. The topological polar surface area (TPSA) is 63.4 Å². The summed E-state index contributed by atoms with van der Waals surface area (Å²) in [5, 5.41) is 0. The van der Waals surface area contributed by atoms with Crippen LogP contribution in [0.15, 0.2) is 0 Å². The molecule has 0 unspecified atom stereocenters. The van der Waals surface area contributed by atoms with Gasteiger partial charge in [-0.3, -0.25) is 9.59 Å². The molecular weight excluding hydrogens is 180 g/mol. The Morgan fingerprint density at radius 3 is 2.36 bits per heavy atom. The molecule has 0 heterocycles. The first kappa shape index (κ1) is 11.0. The molecule has 1 fully saturated rings. The number of amides is 2. The molecule has 0 aromatic rings. The second-order valence-electron chi connectivity index (χ2n) is 3.94. The van der Waals surface area contributed by atoms with E-state index in [9.17, 15) is 9.59 Å². The van der Waals surface area contributed by atoms with Crippen LogP contribution in [0.4, 0.5) is 0 Å². The summed E-state index contributed by atoms with van der Waals surface area (Å²) >= 11 is 0. The lowest BCUT2D eigenvalue weighted by atomic mass is 9.94. The van der Waals surface area contributed by atoms with Gasteiger partial charge in [0, 0.05) is 13.1 Å². The van der Waals surface area contributed by atoms with Crippen LogP contribution < -0.4 is 5.73 Å². The molecule has 80 valence electrons. The molecule has 0 radical (unpaired) electrons. The van der Waals surface area contributed by atoms with Crippen molar-refractivity contribution in [2.45, 2.75) is 44.6 Å². The summed E-state index contributed by atoms with van der Waals surface area (Å²) in [7, 11) is 1.77. The Kier molecular flexibility index (Phi) is 3.92. The summed E-state index contributed by atoms with van der Waals surface area (Å²) in [6.07, 6.45) is 5.57. The van der Waals surface area contributed by atoms with Gasteiger partial charge in [0.15, 0.2) is 0 Å². The average Bonchev–Trinajstić information content (AvgIpc) is 2.17. The molecule has 1 aliphatic carbocycles. The minimum absolute atomic E-state index is 0.149. The molecule has 2 amide bonds. The summed E-state index contributed by atoms with van der Waals surface area (Å²) in [5.41, 5.74) is 4.97. The fraction of sp³-hybridized carbons (Fsp3) is 0.800. The van der Waals surface area contributed by atoms with Gasteiger partial charge in [0.1, 0.15) is 6.42 Å². The van der Waals surface area contributed by atoms with E-state index < -0.39 is 5.91 Å². The Labute approximate surface area is 84.4 Å². The second-order valence-corrected chi connectivity index (χ2v) is 3.94. The number of hydrogen-bond acceptors (Lipinski definition) is 2. The summed E-state index contributed by atoms with van der Waals surface area (Å²) in [5.74, 6) is -0.693. The van der Waals surface area contributed by atoms with Crippen LogP contribution in [0.5, 0.6) is 0 Å². The maximum atomic E-state index is 11.5. The quantitative estimate of drug-likeness (QED) is 0.677. The average molecular weight is 198 g/mol. The molecule has 4 nitrogen and oxygen atoms in total. The summed E-state index contributed by atoms with van der Waals surface area (Å²) in [6.45, 7) is 0. The van der Waals surface area contributed by atoms with E-state index in [1.807, 2.05) is 0 Å². The molecule has 0 spiro atoms. The predicted molar refractivity (Wildman–Crippen MR) is 53.5 cm³/mol. The minimum atomic E-state index is -0.544. The Balaban J connectivity index is 2.41. The summed E-state index contributed by atoms with van der Waals surface area (Å²) < 4.78 is 0. The van der Waals surface area contributed by atoms with Crippen molar-refractivity contribution in [3.63, 3.8) is 0 Å². The van der Waals surface area contributed by atoms with E-state index in [0.29, 0.717) is 6.04 Å². The zero-order chi connectivity index (χ0) is 10.6. The van der Waals surface area contributed by atoms with Crippen molar-refractivity contribution < 1.29 is 9.59 Å². The molecule has 0 bridgehead atoms. The fourth-order valence-corrected chi connectivity index (χ4v) is 1.95. The van der Waals surface area contributed by atoms with Crippen LogP contribution in [0.3, 0.4) is 0 Å². The number of nitrogens with zero attached hydrogens (tertiary/aromatic N) is 1. The highest BCUT2D eigenvalue weighted by Gasteiger charge is 2.22. The highest BCUT2D eigenvalue weighted by atomic mass is 16.2. The largest absolute Gasteiger partial charge is 0.369 e. The van der Waals surface area contributed by atoms with Crippen LogP contribution >= 0.6 is 0 Å². The molecular formula is C10H18N2O2. The predicted octanol–water partition coefficient (Wildman–Crippen LogP) is 0.653. The lowest BCUT2D eigenvalue weighted by Gasteiger charge is -2.31. The van der Waals surface area contributed by atoms with Gasteiger partial charge in [0.05, 0.1) is 0 Å². The van der Waals surface area contributed by atoms with Gasteiger partial charge < -0.3 is 10.6 Å². The molecule has 0 aromatic carbocycles. The fourth-order valence-electron chi connectivity index (χ4n) is 1.95. The van der Waals surface area contributed by atoms with Crippen LogP contribution in [0.1, 0.15) is 38.5 Å². The van der Waals surface area contributed by atoms with Crippen molar-refractivity contribution in [3.8, 4) is 0 Å². The van der Waals surface area contributed by atoms with E-state index >= 15 is 0 Å². The van der Waals surface area contributed by atoms with Crippen molar-refractivity contribution in [3.05, 3.63) is 0 Å². The number of primary amides is 1. The number of carbonyl (C=O) groups excluding carboxylic acids is 2. The van der Waals surface area contributed by atoms with Crippen LogP contribution in [-0.4, -0.2) is 29.8 Å². The SMILES string of the molecule is CN(C(=O)CC(N)=O)C1CCCCC1. The Morgan fingerprint density at radius 1 is 1.29 bits per heavy atom. The van der Waals surface area contributed by atoms with Gasteiger partial charge in [0.25, 0.3) is 0 Å². The van der Waals surface area contributed by atoms with Gasteiger partial charge in [-0.2, -0.15) is 0 Å². The van der Waals surface area contributed by atoms with E-state index in [1.54, 1.807) is 11.9 Å². The van der Waals surface area contributed by atoms with Crippen LogP contribution in [0.2, 0.25) is 0 Å². The molecule has 1 aliphatic rings. The third-order valence-corrected chi connectivity index (χ3v) is 2.84. The van der Waals surface area contributed by atoms with E-state index in [-0.39, 0.29) is 12.3 Å². The number of carbonyl (C=O) groups is 2. The van der Waals surface area contributed by atoms with Crippen LogP contribution in [-0.2, 0) is 9.59 Å². The second kappa shape index (κ2) is 4.98. The Morgan fingerprint density at radius 2 is 1.86 bits per heavy atom. The van der Waals surface area contributed by atoms with E-state index in [4.69, 9.17) is 5.73 Å². The van der Waals surface area contributed by atoms with Crippen molar-refractivity contribution in [1.29, 1.82) is 0 Å². The Hall–Kier alpha value is -1.06. The molecule has 0 aromatic heterocycles. The maximum Gasteiger partial charge on any atom is 0.231 e. The Bertz CT molecular complexity index is 222. The molecule has 1 saturated carbocycles. The van der Waals surface area contributed by atoms with Gasteiger partial charge in [-0.15, -0.1) is 0 Å². The standard InChI is InChI=1S/C10H18N2O2/c1-12(10(14)7-9(11)13)8-5-3-2-4-6-8/h8H,2-7H2,1H3,(H2,11,13). The zero-order valence-corrected chi connectivity index (χ0v) is 8.66. The normalized spacial score (nSPS) is 17.8. The molecule has 0 atom stereocenters. The molecule has 0 aliphatic heterocycles. The van der Waals surface area contributed by atoms with E-state index in [2.05, 4.69) is 0 Å². The first-order chi connectivity index (χ1) is 6.61. The van der Waals surface area contributed by atoms with Gasteiger partial charge in [-0.1, -0.05) is 19.3 Å². The van der Waals surface area contributed by atoms with Gasteiger partial charge in [-0.05, 0) is 12.8 Å². The summed E-state index contributed by atoms with van der Waals surface area (Å²) in [4.78, 5) is 23.7. The first-order valence-corrected chi connectivity index (χ1v) is 5.15. The monoisotopic (exact) mass is 198 g/mol. The van der Waals surface area contributed by atoms with Gasteiger partial charge in [-0.25, -0.2) is 0 Å². The third-order valence-electron chi connectivity index (χ3n) is 2.84. The molecule has 14 heavy (non-hydrogen) atoms. The van der Waals surface area contributed by atoms with Crippen molar-refractivity contribution >= 4 is 11.8 Å². The molecule has 0 saturated heterocycles. The molecule has 2 N–H and O–H groups in total. The zero-order valence-electron chi connectivity index (χ0n) is 8.66. The van der Waals surface area contributed by atoms with E-state index in [0.717, 1.165) is 12.8 Å². The van der Waals surface area contributed by atoms with Crippen LogP contribution in [0, 0.1) is 0 Å². The van der Waals surface area contributed by atoms with Gasteiger partial charge >= 0.3 is 0 Å². The molecule has 4 heteroatoms. The number of hydrogen-bond donors (Lipinski definition) is 1. The lowest BCUT2D eigenvalue weighted by Crippen LogP contribution is -2.39. The van der Waals surface area contributed by atoms with Crippen molar-refractivity contribution in [2.24, 2.45) is 5.73 Å². The highest BCUT2D eigenvalue weighted by Crippen LogP contribution is 2.21. The highest BCUT2D eigenvalue weighted by molar-refractivity contribution is 5.96. The molecule has 1 rings (SSSR count). The lowest BCUT2D eigenvalue weighted by molar-refractivity contribution is -0.136. The number of nitrogens with two attached hydrogens (primary N) is 1. The van der Waals surface area contributed by atoms with Crippen molar-refractivity contribution in [1.82, 2.24) is 4.90 Å². The van der Waals surface area contributed by atoms with E-state index in [1.165, 1.54) is 19.3 Å². The smallest absolute Gasteiger partial charge is 0.231 e. The number of rotatable bonds is 3. The van der Waals surface area contributed by atoms with Crippen LogP contribution in [0.25, 0.3) is 0 Å². The summed E-state index contributed by atoms with van der Waals surface area (Å²) in [6, 6.07) is 0.315. The third kappa shape index (κ3) is 3.01. The first-order valence-electron chi connectivity index (χ1n) is 5.15. The van der Waals surface area contributed by atoms with Crippen molar-refractivity contribution in [2.75, 3.05) is 7.05 Å². The maximum absolute atomic E-state index is 11.5.